The van der Waals surface area contributed by atoms with Crippen molar-refractivity contribution in [1.29, 1.82) is 0 Å². The zero-order valence-electron chi connectivity index (χ0n) is 4.74. The molecule has 0 bridgehead atoms. The maximum Gasteiger partial charge on any atom is 0.108 e. The Balaban J connectivity index is 2.44. The molecule has 1 aliphatic rings. The highest BCUT2D eigenvalue weighted by molar-refractivity contribution is 4.79. The van der Waals surface area contributed by atoms with Crippen LogP contribution in [-0.4, -0.2) is 35.1 Å². The average molecular weight is 118 g/mol. The van der Waals surface area contributed by atoms with E-state index in [1.807, 2.05) is 0 Å². The summed E-state index contributed by atoms with van der Waals surface area (Å²) in [7, 11) is 0. The van der Waals surface area contributed by atoms with Crippen LogP contribution in [0, 0.1) is 0 Å². The van der Waals surface area contributed by atoms with Crippen LogP contribution in [0.25, 0.3) is 0 Å². The second kappa shape index (κ2) is 2.01. The van der Waals surface area contributed by atoms with Crippen molar-refractivity contribution in [1.82, 2.24) is 0 Å². The third-order valence-corrected chi connectivity index (χ3v) is 1.41. The largest absolute Gasteiger partial charge is 0.388 e. The van der Waals surface area contributed by atoms with E-state index in [2.05, 4.69) is 0 Å². The molecule has 1 fully saturated rings. The minimum absolute atomic E-state index is 0.204. The zero-order valence-corrected chi connectivity index (χ0v) is 4.74. The first-order chi connectivity index (χ1) is 3.72. The molecule has 3 heteroatoms. The molecule has 0 aliphatic carbocycles. The van der Waals surface area contributed by atoms with E-state index < -0.39 is 12.2 Å². The maximum atomic E-state index is 8.89. The normalized spacial score (nSPS) is 47.6. The van der Waals surface area contributed by atoms with Crippen molar-refractivity contribution in [3.8, 4) is 0 Å². The fourth-order valence-corrected chi connectivity index (χ4v) is 0.760. The van der Waals surface area contributed by atoms with E-state index in [4.69, 9.17) is 14.9 Å². The fraction of sp³-hybridized carbons (Fsp3) is 1.00. The van der Waals surface area contributed by atoms with Crippen molar-refractivity contribution in [2.24, 2.45) is 0 Å². The number of aliphatic hydroxyl groups is 2. The molecular formula is C5H10O3. The van der Waals surface area contributed by atoms with E-state index in [0.29, 0.717) is 0 Å². The molecule has 1 heterocycles. The predicted octanol–water partition coefficient (Wildman–Crippen LogP) is -0.873. The van der Waals surface area contributed by atoms with Gasteiger partial charge >= 0.3 is 0 Å². The number of aliphatic hydroxyl groups excluding tert-OH is 2. The van der Waals surface area contributed by atoms with Crippen molar-refractivity contribution >= 4 is 0 Å². The molecule has 3 nitrogen and oxygen atoms in total. The predicted molar refractivity (Wildman–Crippen MR) is 27.4 cm³/mol. The third-order valence-electron chi connectivity index (χ3n) is 1.41. The van der Waals surface area contributed by atoms with E-state index in [-0.39, 0.29) is 12.7 Å². The minimum atomic E-state index is -0.685. The molecule has 48 valence electrons. The number of rotatable bonds is 0. The van der Waals surface area contributed by atoms with E-state index in [9.17, 15) is 0 Å². The van der Waals surface area contributed by atoms with Gasteiger partial charge in [0.15, 0.2) is 0 Å². The van der Waals surface area contributed by atoms with Gasteiger partial charge in [-0.05, 0) is 6.92 Å². The van der Waals surface area contributed by atoms with Crippen molar-refractivity contribution in [2.75, 3.05) is 6.61 Å². The Labute approximate surface area is 47.9 Å². The summed E-state index contributed by atoms with van der Waals surface area (Å²) in [4.78, 5) is 0. The first-order valence-corrected chi connectivity index (χ1v) is 2.69. The van der Waals surface area contributed by atoms with Gasteiger partial charge in [-0.3, -0.25) is 0 Å². The van der Waals surface area contributed by atoms with Gasteiger partial charge in [0.05, 0.1) is 12.7 Å². The highest BCUT2D eigenvalue weighted by Crippen LogP contribution is 2.12. The highest BCUT2D eigenvalue weighted by Gasteiger charge is 2.30. The van der Waals surface area contributed by atoms with Crippen LogP contribution < -0.4 is 0 Å². The van der Waals surface area contributed by atoms with Gasteiger partial charge in [-0.25, -0.2) is 0 Å². The van der Waals surface area contributed by atoms with Crippen LogP contribution >= 0.6 is 0 Å². The Kier molecular flexibility index (Phi) is 1.51. The van der Waals surface area contributed by atoms with Crippen LogP contribution in [-0.2, 0) is 4.74 Å². The number of hydrogen-bond acceptors (Lipinski definition) is 3. The topological polar surface area (TPSA) is 49.7 Å². The van der Waals surface area contributed by atoms with Gasteiger partial charge in [0.25, 0.3) is 0 Å². The minimum Gasteiger partial charge on any atom is -0.388 e. The Bertz CT molecular complexity index is 73.7. The summed E-state index contributed by atoms with van der Waals surface area (Å²) in [6.45, 7) is 2.00. The van der Waals surface area contributed by atoms with Gasteiger partial charge in [0.2, 0.25) is 0 Å². The van der Waals surface area contributed by atoms with Crippen LogP contribution in [0.15, 0.2) is 0 Å². The number of hydrogen-bond donors (Lipinski definition) is 2. The molecular weight excluding hydrogens is 108 g/mol. The van der Waals surface area contributed by atoms with E-state index in [1.165, 1.54) is 0 Å². The van der Waals surface area contributed by atoms with Gasteiger partial charge in [0.1, 0.15) is 12.2 Å². The van der Waals surface area contributed by atoms with Crippen molar-refractivity contribution in [2.45, 2.75) is 25.2 Å². The summed E-state index contributed by atoms with van der Waals surface area (Å²) in [5, 5.41) is 17.7. The molecule has 0 aromatic heterocycles. The molecule has 1 saturated heterocycles. The summed E-state index contributed by atoms with van der Waals surface area (Å²) in [5.41, 5.74) is 0. The maximum absolute atomic E-state index is 8.89. The molecule has 0 amide bonds. The molecule has 2 N–H and O–H groups in total. The second-order valence-electron chi connectivity index (χ2n) is 2.10. The summed E-state index contributed by atoms with van der Waals surface area (Å²) in [6.07, 6.45) is -1.56. The van der Waals surface area contributed by atoms with Gasteiger partial charge in [0, 0.05) is 0 Å². The van der Waals surface area contributed by atoms with E-state index in [1.54, 1.807) is 6.92 Å². The molecule has 0 spiro atoms. The molecule has 0 aromatic rings. The van der Waals surface area contributed by atoms with Crippen molar-refractivity contribution in [3.05, 3.63) is 0 Å². The molecule has 0 unspecified atom stereocenters. The van der Waals surface area contributed by atoms with E-state index >= 15 is 0 Å². The van der Waals surface area contributed by atoms with E-state index in [0.717, 1.165) is 0 Å². The fourth-order valence-electron chi connectivity index (χ4n) is 0.760. The van der Waals surface area contributed by atoms with Crippen LogP contribution in [0.4, 0.5) is 0 Å². The monoisotopic (exact) mass is 118 g/mol. The lowest BCUT2D eigenvalue weighted by molar-refractivity contribution is 0.0318. The molecule has 0 aromatic carbocycles. The van der Waals surface area contributed by atoms with Crippen LogP contribution in [0.5, 0.6) is 0 Å². The lowest BCUT2D eigenvalue weighted by atomic mass is 10.2. The summed E-state index contributed by atoms with van der Waals surface area (Å²) >= 11 is 0. The Morgan fingerprint density at radius 3 is 2.25 bits per heavy atom. The SMILES string of the molecule is C[C@H]1OC[C@@H](O)[C@H]1O. The Hall–Kier alpha value is -0.120. The lowest BCUT2D eigenvalue weighted by Gasteiger charge is -2.07. The van der Waals surface area contributed by atoms with Gasteiger partial charge in [-0.1, -0.05) is 0 Å². The molecule has 1 rings (SSSR count). The van der Waals surface area contributed by atoms with Crippen LogP contribution in [0.3, 0.4) is 0 Å². The highest BCUT2D eigenvalue weighted by atomic mass is 16.5. The molecule has 3 atom stereocenters. The van der Waals surface area contributed by atoms with Crippen LogP contribution in [0.1, 0.15) is 6.92 Å². The molecule has 0 saturated carbocycles. The van der Waals surface area contributed by atoms with Crippen molar-refractivity contribution < 1.29 is 14.9 Å². The molecule has 1 aliphatic heterocycles. The second-order valence-corrected chi connectivity index (χ2v) is 2.10. The summed E-state index contributed by atoms with van der Waals surface area (Å²) in [5.74, 6) is 0. The molecule has 0 radical (unpaired) electrons. The van der Waals surface area contributed by atoms with Crippen molar-refractivity contribution in [3.63, 3.8) is 0 Å². The number of ether oxygens (including phenoxy) is 1. The lowest BCUT2D eigenvalue weighted by Crippen LogP contribution is -2.27. The third kappa shape index (κ3) is 0.844. The summed E-state index contributed by atoms with van der Waals surface area (Å²) in [6, 6.07) is 0. The van der Waals surface area contributed by atoms with Crippen LogP contribution in [0.2, 0.25) is 0 Å². The van der Waals surface area contributed by atoms with Gasteiger partial charge in [-0.15, -0.1) is 0 Å². The van der Waals surface area contributed by atoms with Gasteiger partial charge < -0.3 is 14.9 Å². The zero-order chi connectivity index (χ0) is 6.15. The first kappa shape index (κ1) is 6.01. The Morgan fingerprint density at radius 2 is 2.12 bits per heavy atom. The standard InChI is InChI=1S/C5H10O3/c1-3-5(7)4(6)2-8-3/h3-7H,2H2,1H3/t3-,4-,5+/m1/s1. The average Bonchev–Trinajstić information content (AvgIpc) is 1.98. The smallest absolute Gasteiger partial charge is 0.108 e. The molecule has 8 heavy (non-hydrogen) atoms. The quantitative estimate of drug-likeness (QED) is 0.434. The Morgan fingerprint density at radius 1 is 1.50 bits per heavy atom. The first-order valence-electron chi connectivity index (χ1n) is 2.69. The summed E-state index contributed by atoms with van der Waals surface area (Å²) < 4.78 is 4.88. The van der Waals surface area contributed by atoms with Gasteiger partial charge in [-0.2, -0.15) is 0 Å².